The summed E-state index contributed by atoms with van der Waals surface area (Å²) in [5.74, 6) is -1.19. The number of rotatable bonds is 5. The maximum Gasteiger partial charge on any atom is 0.254 e. The van der Waals surface area contributed by atoms with Crippen LogP contribution in [0, 0.1) is 11.7 Å². The van der Waals surface area contributed by atoms with Gasteiger partial charge in [0.05, 0.1) is 11.9 Å². The van der Waals surface area contributed by atoms with Crippen molar-refractivity contribution in [1.82, 2.24) is 25.2 Å². The van der Waals surface area contributed by atoms with Gasteiger partial charge in [0, 0.05) is 61.1 Å². The fourth-order valence-corrected chi connectivity index (χ4v) is 3.75. The van der Waals surface area contributed by atoms with Crippen LogP contribution in [0.15, 0.2) is 43.1 Å². The number of H-pyrrole nitrogens is 1. The normalized spacial score (nSPS) is 17.4. The first-order valence-electron chi connectivity index (χ1n) is 9.61. The number of imidazole rings is 1. The summed E-state index contributed by atoms with van der Waals surface area (Å²) in [6.07, 6.45) is 7.72. The van der Waals surface area contributed by atoms with Gasteiger partial charge in [-0.2, -0.15) is 0 Å². The number of carbonyl (C=O) groups excluding carboxylic acids is 2. The zero-order chi connectivity index (χ0) is 20.4. The second kappa shape index (κ2) is 7.98. The molecule has 4 rings (SSSR count). The lowest BCUT2D eigenvalue weighted by Gasteiger charge is -2.21. The van der Waals surface area contributed by atoms with Gasteiger partial charge in [0.2, 0.25) is 5.91 Å². The van der Waals surface area contributed by atoms with Gasteiger partial charge in [-0.05, 0) is 30.0 Å². The number of aromatic amines is 1. The SMILES string of the molecule is CC(Cc1cnc[nH]1)C(=O)N1CC[C@@H](NC(=O)c2cc3cnccc3cc2F)C1. The van der Waals surface area contributed by atoms with E-state index >= 15 is 0 Å². The molecule has 7 nitrogen and oxygen atoms in total. The number of hydrogen-bond acceptors (Lipinski definition) is 4. The van der Waals surface area contributed by atoms with E-state index in [0.29, 0.717) is 36.7 Å². The van der Waals surface area contributed by atoms with Gasteiger partial charge in [0.25, 0.3) is 5.91 Å². The van der Waals surface area contributed by atoms with Crippen molar-refractivity contribution in [2.24, 2.45) is 5.92 Å². The second-order valence-electron chi connectivity index (χ2n) is 7.48. The minimum atomic E-state index is -0.569. The molecule has 1 unspecified atom stereocenters. The van der Waals surface area contributed by atoms with E-state index < -0.39 is 11.7 Å². The first-order valence-corrected chi connectivity index (χ1v) is 9.61. The molecule has 0 bridgehead atoms. The number of fused-ring (bicyclic) bond motifs is 1. The minimum Gasteiger partial charge on any atom is -0.348 e. The predicted molar refractivity (Wildman–Crippen MR) is 106 cm³/mol. The van der Waals surface area contributed by atoms with Crippen LogP contribution in [0.25, 0.3) is 10.8 Å². The van der Waals surface area contributed by atoms with Crippen LogP contribution in [0.4, 0.5) is 4.39 Å². The minimum absolute atomic E-state index is 0.0112. The molecule has 150 valence electrons. The molecule has 0 aliphatic carbocycles. The molecule has 8 heteroatoms. The number of nitrogens with zero attached hydrogens (tertiary/aromatic N) is 3. The number of benzene rings is 1. The Morgan fingerprint density at radius 2 is 2.17 bits per heavy atom. The molecule has 2 amide bonds. The van der Waals surface area contributed by atoms with E-state index in [2.05, 4.69) is 20.3 Å². The number of aromatic nitrogens is 3. The maximum absolute atomic E-state index is 14.4. The molecular weight excluding hydrogens is 373 g/mol. The van der Waals surface area contributed by atoms with Crippen molar-refractivity contribution >= 4 is 22.6 Å². The highest BCUT2D eigenvalue weighted by atomic mass is 19.1. The first-order chi connectivity index (χ1) is 14.0. The zero-order valence-electron chi connectivity index (χ0n) is 16.1. The molecule has 0 saturated carbocycles. The van der Waals surface area contributed by atoms with Crippen molar-refractivity contribution in [3.63, 3.8) is 0 Å². The Morgan fingerprint density at radius 1 is 1.31 bits per heavy atom. The lowest BCUT2D eigenvalue weighted by atomic mass is 10.0. The van der Waals surface area contributed by atoms with Crippen molar-refractivity contribution in [3.8, 4) is 0 Å². The van der Waals surface area contributed by atoms with Crippen LogP contribution in [0.1, 0.15) is 29.4 Å². The van der Waals surface area contributed by atoms with E-state index in [9.17, 15) is 14.0 Å². The first kappa shape index (κ1) is 19.0. The van der Waals surface area contributed by atoms with Crippen LogP contribution in [0.3, 0.4) is 0 Å². The summed E-state index contributed by atoms with van der Waals surface area (Å²) < 4.78 is 14.4. The summed E-state index contributed by atoms with van der Waals surface area (Å²) in [6, 6.07) is 4.35. The fourth-order valence-electron chi connectivity index (χ4n) is 3.75. The third-order valence-corrected chi connectivity index (χ3v) is 5.31. The van der Waals surface area contributed by atoms with Gasteiger partial charge >= 0.3 is 0 Å². The molecule has 1 aliphatic rings. The number of likely N-dealkylation sites (tertiary alicyclic amines) is 1. The Bertz CT molecular complexity index is 1040. The average Bonchev–Trinajstić information content (AvgIpc) is 3.39. The summed E-state index contributed by atoms with van der Waals surface area (Å²) >= 11 is 0. The van der Waals surface area contributed by atoms with E-state index in [1.165, 1.54) is 12.1 Å². The quantitative estimate of drug-likeness (QED) is 0.694. The van der Waals surface area contributed by atoms with Crippen LogP contribution in [0.5, 0.6) is 0 Å². The molecule has 3 aromatic rings. The second-order valence-corrected chi connectivity index (χ2v) is 7.48. The molecule has 29 heavy (non-hydrogen) atoms. The van der Waals surface area contributed by atoms with Crippen molar-refractivity contribution in [2.45, 2.75) is 25.8 Å². The van der Waals surface area contributed by atoms with Gasteiger partial charge in [0.1, 0.15) is 5.82 Å². The number of carbonyl (C=O) groups is 2. The molecular formula is C21H22FN5O2. The standard InChI is InChI=1S/C21H22FN5O2/c1-13(6-17-10-24-12-25-17)21(29)27-5-3-16(11-27)26-20(28)18-7-15-9-23-4-2-14(15)8-19(18)22/h2,4,7-10,12-13,16H,3,5-6,11H2,1H3,(H,24,25)(H,26,28)/t13?,16-/m1/s1. The molecule has 2 aromatic heterocycles. The van der Waals surface area contributed by atoms with Gasteiger partial charge in [-0.15, -0.1) is 0 Å². The number of pyridine rings is 1. The molecule has 1 saturated heterocycles. The molecule has 0 radical (unpaired) electrons. The smallest absolute Gasteiger partial charge is 0.254 e. The summed E-state index contributed by atoms with van der Waals surface area (Å²) in [5.41, 5.74) is 0.902. The lowest BCUT2D eigenvalue weighted by molar-refractivity contribution is -0.133. The summed E-state index contributed by atoms with van der Waals surface area (Å²) in [7, 11) is 0. The fraction of sp³-hybridized carbons (Fsp3) is 0.333. The maximum atomic E-state index is 14.4. The highest BCUT2D eigenvalue weighted by Crippen LogP contribution is 2.20. The topological polar surface area (TPSA) is 91.0 Å². The van der Waals surface area contributed by atoms with Crippen LogP contribution >= 0.6 is 0 Å². The number of nitrogens with one attached hydrogen (secondary N) is 2. The van der Waals surface area contributed by atoms with Crippen LogP contribution in [-0.4, -0.2) is 50.8 Å². The van der Waals surface area contributed by atoms with Gasteiger partial charge in [-0.1, -0.05) is 6.92 Å². The average molecular weight is 395 g/mol. The summed E-state index contributed by atoms with van der Waals surface area (Å²) in [5, 5.41) is 4.26. The number of halogens is 1. The van der Waals surface area contributed by atoms with Gasteiger partial charge in [0.15, 0.2) is 0 Å². The zero-order valence-corrected chi connectivity index (χ0v) is 16.1. The van der Waals surface area contributed by atoms with Crippen molar-refractivity contribution < 1.29 is 14.0 Å². The number of hydrogen-bond donors (Lipinski definition) is 2. The predicted octanol–water partition coefficient (Wildman–Crippen LogP) is 2.31. The third-order valence-electron chi connectivity index (χ3n) is 5.31. The molecule has 1 fully saturated rings. The Hall–Kier alpha value is -3.29. The van der Waals surface area contributed by atoms with E-state index in [-0.39, 0.29) is 23.4 Å². The molecule has 3 heterocycles. The highest BCUT2D eigenvalue weighted by Gasteiger charge is 2.30. The Labute approximate surface area is 167 Å². The lowest BCUT2D eigenvalue weighted by Crippen LogP contribution is -2.40. The molecule has 2 atom stereocenters. The summed E-state index contributed by atoms with van der Waals surface area (Å²) in [6.45, 7) is 2.88. The Balaban J connectivity index is 1.38. The monoisotopic (exact) mass is 395 g/mol. The number of amides is 2. The Morgan fingerprint density at radius 3 is 2.97 bits per heavy atom. The van der Waals surface area contributed by atoms with Crippen LogP contribution in [-0.2, 0) is 11.2 Å². The molecule has 1 aliphatic heterocycles. The van der Waals surface area contributed by atoms with Crippen molar-refractivity contribution in [2.75, 3.05) is 13.1 Å². The van der Waals surface area contributed by atoms with Crippen molar-refractivity contribution in [3.05, 3.63) is 60.2 Å². The largest absolute Gasteiger partial charge is 0.348 e. The molecule has 2 N–H and O–H groups in total. The van der Waals surface area contributed by atoms with Gasteiger partial charge in [-0.25, -0.2) is 9.37 Å². The van der Waals surface area contributed by atoms with Crippen LogP contribution < -0.4 is 5.32 Å². The molecule has 0 spiro atoms. The van der Waals surface area contributed by atoms with Crippen LogP contribution in [0.2, 0.25) is 0 Å². The van der Waals surface area contributed by atoms with E-state index in [4.69, 9.17) is 0 Å². The van der Waals surface area contributed by atoms with E-state index in [1.807, 2.05) is 6.92 Å². The highest BCUT2D eigenvalue weighted by molar-refractivity contribution is 5.99. The van der Waals surface area contributed by atoms with Crippen molar-refractivity contribution in [1.29, 1.82) is 0 Å². The van der Waals surface area contributed by atoms with Gasteiger partial charge in [-0.3, -0.25) is 14.6 Å². The molecule has 1 aromatic carbocycles. The third kappa shape index (κ3) is 4.11. The van der Waals surface area contributed by atoms with Gasteiger partial charge < -0.3 is 15.2 Å². The Kier molecular flexibility index (Phi) is 5.24. The summed E-state index contributed by atoms with van der Waals surface area (Å²) in [4.78, 5) is 38.0. The van der Waals surface area contributed by atoms with E-state index in [0.717, 1.165) is 5.69 Å². The van der Waals surface area contributed by atoms with E-state index in [1.54, 1.807) is 35.9 Å².